The van der Waals surface area contributed by atoms with Crippen molar-refractivity contribution >= 4 is 5.95 Å². The first kappa shape index (κ1) is 11.6. The average Bonchev–Trinajstić information content (AvgIpc) is 2.74. The SMILES string of the molecule is CC(C)Cn1ccnc1NCc1ccncc1. The van der Waals surface area contributed by atoms with Crippen LogP contribution in [-0.4, -0.2) is 14.5 Å². The summed E-state index contributed by atoms with van der Waals surface area (Å²) in [6.45, 7) is 6.16. The molecule has 0 saturated heterocycles. The fraction of sp³-hybridized carbons (Fsp3) is 0.385. The number of hydrogen-bond acceptors (Lipinski definition) is 3. The molecule has 1 N–H and O–H groups in total. The first-order valence-electron chi connectivity index (χ1n) is 5.89. The van der Waals surface area contributed by atoms with Gasteiger partial charge in [0.05, 0.1) is 0 Å². The third-order valence-electron chi connectivity index (χ3n) is 2.48. The minimum absolute atomic E-state index is 0.616. The molecule has 2 rings (SSSR count). The van der Waals surface area contributed by atoms with Crippen LogP contribution in [0.2, 0.25) is 0 Å². The smallest absolute Gasteiger partial charge is 0.203 e. The van der Waals surface area contributed by atoms with E-state index in [1.165, 1.54) is 5.56 Å². The van der Waals surface area contributed by atoms with E-state index in [1.54, 1.807) is 12.4 Å². The lowest BCUT2D eigenvalue weighted by molar-refractivity contribution is 0.526. The van der Waals surface area contributed by atoms with Crippen molar-refractivity contribution in [2.24, 2.45) is 5.92 Å². The van der Waals surface area contributed by atoms with Gasteiger partial charge in [0.15, 0.2) is 0 Å². The zero-order valence-corrected chi connectivity index (χ0v) is 10.3. The first-order chi connectivity index (χ1) is 8.25. The maximum absolute atomic E-state index is 4.32. The third kappa shape index (κ3) is 3.31. The molecule has 4 heteroatoms. The topological polar surface area (TPSA) is 42.7 Å². The van der Waals surface area contributed by atoms with Gasteiger partial charge in [0, 0.05) is 37.9 Å². The molecule has 0 radical (unpaired) electrons. The highest BCUT2D eigenvalue weighted by molar-refractivity contribution is 5.28. The van der Waals surface area contributed by atoms with Gasteiger partial charge in [0.2, 0.25) is 5.95 Å². The molecule has 0 unspecified atom stereocenters. The Bertz CT molecular complexity index is 447. The fourth-order valence-electron chi connectivity index (χ4n) is 1.70. The van der Waals surface area contributed by atoms with Gasteiger partial charge < -0.3 is 9.88 Å². The summed E-state index contributed by atoms with van der Waals surface area (Å²) >= 11 is 0. The summed E-state index contributed by atoms with van der Waals surface area (Å²) in [5.74, 6) is 1.54. The highest BCUT2D eigenvalue weighted by atomic mass is 15.2. The molecule has 2 heterocycles. The van der Waals surface area contributed by atoms with Crippen LogP contribution in [0, 0.1) is 5.92 Å². The summed E-state index contributed by atoms with van der Waals surface area (Å²) in [5.41, 5.74) is 1.21. The molecule has 0 fully saturated rings. The third-order valence-corrected chi connectivity index (χ3v) is 2.48. The maximum Gasteiger partial charge on any atom is 0.203 e. The van der Waals surface area contributed by atoms with Gasteiger partial charge in [0.25, 0.3) is 0 Å². The monoisotopic (exact) mass is 230 g/mol. The Morgan fingerprint density at radius 2 is 2.00 bits per heavy atom. The van der Waals surface area contributed by atoms with Crippen LogP contribution in [0.4, 0.5) is 5.95 Å². The molecule has 0 amide bonds. The van der Waals surface area contributed by atoms with Gasteiger partial charge in [0.1, 0.15) is 0 Å². The molecule has 0 bridgehead atoms. The number of hydrogen-bond donors (Lipinski definition) is 1. The van der Waals surface area contributed by atoms with Gasteiger partial charge in [-0.3, -0.25) is 4.98 Å². The van der Waals surface area contributed by atoms with Crippen molar-refractivity contribution in [3.8, 4) is 0 Å². The lowest BCUT2D eigenvalue weighted by Crippen LogP contribution is -2.10. The fourth-order valence-corrected chi connectivity index (χ4v) is 1.70. The Morgan fingerprint density at radius 1 is 1.24 bits per heavy atom. The molecule has 0 aromatic carbocycles. The molecule has 0 spiro atoms. The van der Waals surface area contributed by atoms with Crippen LogP contribution >= 0.6 is 0 Å². The van der Waals surface area contributed by atoms with Crippen LogP contribution in [0.1, 0.15) is 19.4 Å². The summed E-state index contributed by atoms with van der Waals surface area (Å²) in [5, 5.41) is 3.34. The molecule has 2 aromatic rings. The van der Waals surface area contributed by atoms with E-state index in [9.17, 15) is 0 Å². The number of imidazole rings is 1. The summed E-state index contributed by atoms with van der Waals surface area (Å²) in [6.07, 6.45) is 7.45. The number of rotatable bonds is 5. The number of nitrogens with zero attached hydrogens (tertiary/aromatic N) is 3. The average molecular weight is 230 g/mol. The first-order valence-corrected chi connectivity index (χ1v) is 5.89. The van der Waals surface area contributed by atoms with E-state index < -0.39 is 0 Å². The molecule has 4 nitrogen and oxygen atoms in total. The van der Waals surface area contributed by atoms with E-state index in [0.29, 0.717) is 5.92 Å². The van der Waals surface area contributed by atoms with Crippen LogP contribution in [0.5, 0.6) is 0 Å². The van der Waals surface area contributed by atoms with Crippen LogP contribution in [-0.2, 0) is 13.1 Å². The maximum atomic E-state index is 4.32. The van der Waals surface area contributed by atoms with E-state index in [-0.39, 0.29) is 0 Å². The molecule has 0 aliphatic rings. The van der Waals surface area contributed by atoms with E-state index in [0.717, 1.165) is 19.0 Å². The summed E-state index contributed by atoms with van der Waals surface area (Å²) in [6, 6.07) is 4.01. The lowest BCUT2D eigenvalue weighted by atomic mass is 10.2. The second-order valence-corrected chi connectivity index (χ2v) is 4.51. The predicted octanol–water partition coefficient (Wildman–Crippen LogP) is 2.55. The van der Waals surface area contributed by atoms with E-state index in [2.05, 4.69) is 33.7 Å². The van der Waals surface area contributed by atoms with E-state index in [4.69, 9.17) is 0 Å². The number of pyridine rings is 1. The highest BCUT2D eigenvalue weighted by Gasteiger charge is 2.03. The normalized spacial score (nSPS) is 10.8. The minimum atomic E-state index is 0.616. The molecule has 17 heavy (non-hydrogen) atoms. The Labute approximate surface area is 102 Å². The molecular formula is C13H18N4. The van der Waals surface area contributed by atoms with Gasteiger partial charge in [-0.05, 0) is 23.6 Å². The van der Waals surface area contributed by atoms with Crippen molar-refractivity contribution in [3.05, 3.63) is 42.5 Å². The standard InChI is InChI=1S/C13H18N4/c1-11(2)10-17-8-7-15-13(17)16-9-12-3-5-14-6-4-12/h3-8,11H,9-10H2,1-2H3,(H,15,16). The molecule has 0 atom stereocenters. The van der Waals surface area contributed by atoms with Gasteiger partial charge in [-0.25, -0.2) is 4.98 Å². The second kappa shape index (κ2) is 5.48. The Balaban J connectivity index is 1.97. The Hall–Kier alpha value is -1.84. The lowest BCUT2D eigenvalue weighted by Gasteiger charge is -2.11. The number of nitrogens with one attached hydrogen (secondary N) is 1. The summed E-state index contributed by atoms with van der Waals surface area (Å²) < 4.78 is 2.14. The molecule has 0 saturated carbocycles. The number of aromatic nitrogens is 3. The largest absolute Gasteiger partial charge is 0.352 e. The predicted molar refractivity (Wildman–Crippen MR) is 68.6 cm³/mol. The van der Waals surface area contributed by atoms with Crippen molar-refractivity contribution < 1.29 is 0 Å². The molecule has 0 aliphatic carbocycles. The zero-order chi connectivity index (χ0) is 12.1. The quantitative estimate of drug-likeness (QED) is 0.858. The molecule has 0 aliphatic heterocycles. The highest BCUT2D eigenvalue weighted by Crippen LogP contribution is 2.09. The number of anilines is 1. The van der Waals surface area contributed by atoms with Crippen molar-refractivity contribution in [1.82, 2.24) is 14.5 Å². The Morgan fingerprint density at radius 3 is 2.71 bits per heavy atom. The van der Waals surface area contributed by atoms with Gasteiger partial charge in [-0.15, -0.1) is 0 Å². The van der Waals surface area contributed by atoms with Crippen molar-refractivity contribution in [3.63, 3.8) is 0 Å². The van der Waals surface area contributed by atoms with E-state index >= 15 is 0 Å². The van der Waals surface area contributed by atoms with Gasteiger partial charge >= 0.3 is 0 Å². The van der Waals surface area contributed by atoms with Crippen molar-refractivity contribution in [2.75, 3.05) is 5.32 Å². The van der Waals surface area contributed by atoms with Crippen LogP contribution in [0.3, 0.4) is 0 Å². The van der Waals surface area contributed by atoms with Gasteiger partial charge in [-0.2, -0.15) is 0 Å². The van der Waals surface area contributed by atoms with Crippen LogP contribution in [0.25, 0.3) is 0 Å². The molecule has 90 valence electrons. The minimum Gasteiger partial charge on any atom is -0.352 e. The molecular weight excluding hydrogens is 212 g/mol. The van der Waals surface area contributed by atoms with Crippen LogP contribution < -0.4 is 5.32 Å². The zero-order valence-electron chi connectivity index (χ0n) is 10.3. The summed E-state index contributed by atoms with van der Waals surface area (Å²) in [4.78, 5) is 8.32. The van der Waals surface area contributed by atoms with E-state index in [1.807, 2.05) is 24.5 Å². The van der Waals surface area contributed by atoms with Gasteiger partial charge in [-0.1, -0.05) is 13.8 Å². The second-order valence-electron chi connectivity index (χ2n) is 4.51. The van der Waals surface area contributed by atoms with Crippen molar-refractivity contribution in [1.29, 1.82) is 0 Å². The Kier molecular flexibility index (Phi) is 3.75. The van der Waals surface area contributed by atoms with Crippen LogP contribution in [0.15, 0.2) is 36.9 Å². The van der Waals surface area contributed by atoms with Crippen molar-refractivity contribution in [2.45, 2.75) is 26.9 Å². The summed E-state index contributed by atoms with van der Waals surface area (Å²) in [7, 11) is 0. The molecule has 2 aromatic heterocycles.